The summed E-state index contributed by atoms with van der Waals surface area (Å²) in [6, 6.07) is 12.7. The van der Waals surface area contributed by atoms with Gasteiger partial charge in [0.05, 0.1) is 13.7 Å². The van der Waals surface area contributed by atoms with Crippen molar-refractivity contribution in [2.45, 2.75) is 6.61 Å². The third kappa shape index (κ3) is 2.13. The number of aliphatic hydroxyl groups is 1. The van der Waals surface area contributed by atoms with Crippen LogP contribution in [0.5, 0.6) is 5.75 Å². The summed E-state index contributed by atoms with van der Waals surface area (Å²) in [4.78, 5) is 11.1. The molecule has 3 nitrogen and oxygen atoms in total. The summed E-state index contributed by atoms with van der Waals surface area (Å²) < 4.78 is 5.31. The Balaban J connectivity index is 2.72. The minimum atomic E-state index is -0.0975. The minimum absolute atomic E-state index is 0.0975. The molecule has 0 fully saturated rings. The van der Waals surface area contributed by atoms with Crippen molar-refractivity contribution in [1.29, 1.82) is 0 Å². The molecule has 0 aliphatic rings. The van der Waals surface area contributed by atoms with E-state index in [0.717, 1.165) is 23.0 Å². The average Bonchev–Trinajstić information content (AvgIpc) is 2.46. The Morgan fingerprint density at radius 1 is 1.17 bits per heavy atom. The lowest BCUT2D eigenvalue weighted by molar-refractivity contribution is 0.112. The number of rotatable bonds is 4. The van der Waals surface area contributed by atoms with Gasteiger partial charge in [-0.2, -0.15) is 0 Å². The molecule has 0 atom stereocenters. The Bertz CT molecular complexity index is 539. The number of ether oxygens (including phenoxy) is 1. The van der Waals surface area contributed by atoms with Gasteiger partial charge < -0.3 is 9.84 Å². The van der Waals surface area contributed by atoms with E-state index < -0.39 is 0 Å². The quantitative estimate of drug-likeness (QED) is 0.838. The van der Waals surface area contributed by atoms with Crippen molar-refractivity contribution in [3.8, 4) is 16.9 Å². The third-order valence-electron chi connectivity index (χ3n) is 2.86. The molecule has 0 saturated carbocycles. The van der Waals surface area contributed by atoms with Gasteiger partial charge in [-0.25, -0.2) is 0 Å². The lowest BCUT2D eigenvalue weighted by atomic mass is 9.95. The van der Waals surface area contributed by atoms with E-state index in [-0.39, 0.29) is 6.61 Å². The second-order valence-electron chi connectivity index (χ2n) is 3.86. The molecule has 0 bridgehead atoms. The van der Waals surface area contributed by atoms with Crippen LogP contribution in [-0.4, -0.2) is 18.5 Å². The number of carbonyl (C=O) groups excluding carboxylic acids is 1. The predicted octanol–water partition coefficient (Wildman–Crippen LogP) is 2.67. The van der Waals surface area contributed by atoms with E-state index in [1.165, 1.54) is 0 Å². The number of methoxy groups -OCH3 is 1. The normalized spacial score (nSPS) is 10.1. The molecule has 92 valence electrons. The molecule has 0 radical (unpaired) electrons. The maximum Gasteiger partial charge on any atom is 0.150 e. The van der Waals surface area contributed by atoms with E-state index in [0.29, 0.717) is 11.3 Å². The largest absolute Gasteiger partial charge is 0.496 e. The highest BCUT2D eigenvalue weighted by Gasteiger charge is 2.13. The lowest BCUT2D eigenvalue weighted by Crippen LogP contribution is -1.97. The van der Waals surface area contributed by atoms with Crippen LogP contribution in [0.4, 0.5) is 0 Å². The van der Waals surface area contributed by atoms with Gasteiger partial charge in [-0.3, -0.25) is 4.79 Å². The number of hydrogen-bond donors (Lipinski definition) is 1. The van der Waals surface area contributed by atoms with Crippen LogP contribution in [0.2, 0.25) is 0 Å². The summed E-state index contributed by atoms with van der Waals surface area (Å²) >= 11 is 0. The molecule has 0 saturated heterocycles. The van der Waals surface area contributed by atoms with Crippen LogP contribution in [0.15, 0.2) is 42.5 Å². The molecule has 0 aliphatic heterocycles. The predicted molar refractivity (Wildman–Crippen MR) is 69.7 cm³/mol. The third-order valence-corrected chi connectivity index (χ3v) is 2.86. The lowest BCUT2D eigenvalue weighted by Gasteiger charge is -2.14. The number of benzene rings is 2. The maximum atomic E-state index is 11.1. The molecule has 18 heavy (non-hydrogen) atoms. The zero-order valence-electron chi connectivity index (χ0n) is 10.1. The van der Waals surface area contributed by atoms with Crippen LogP contribution in [-0.2, 0) is 6.61 Å². The van der Waals surface area contributed by atoms with Gasteiger partial charge in [0.25, 0.3) is 0 Å². The smallest absolute Gasteiger partial charge is 0.150 e. The molecule has 0 aromatic heterocycles. The van der Waals surface area contributed by atoms with E-state index in [1.807, 2.05) is 30.3 Å². The van der Waals surface area contributed by atoms with Gasteiger partial charge in [-0.1, -0.05) is 36.4 Å². The number of aldehydes is 1. The molecule has 2 aromatic rings. The topological polar surface area (TPSA) is 46.5 Å². The second kappa shape index (κ2) is 5.47. The van der Waals surface area contributed by atoms with E-state index in [9.17, 15) is 9.90 Å². The number of hydrogen-bond acceptors (Lipinski definition) is 3. The van der Waals surface area contributed by atoms with E-state index in [1.54, 1.807) is 19.2 Å². The molecule has 2 rings (SSSR count). The zero-order chi connectivity index (χ0) is 13.0. The number of aliphatic hydroxyl groups excluding tert-OH is 1. The second-order valence-corrected chi connectivity index (χ2v) is 3.86. The molecular weight excluding hydrogens is 228 g/mol. The molecule has 0 heterocycles. The Kier molecular flexibility index (Phi) is 3.75. The van der Waals surface area contributed by atoms with Crippen molar-refractivity contribution in [2.24, 2.45) is 0 Å². The highest BCUT2D eigenvalue weighted by atomic mass is 16.5. The fraction of sp³-hybridized carbons (Fsp3) is 0.133. The van der Waals surface area contributed by atoms with Crippen molar-refractivity contribution in [3.63, 3.8) is 0 Å². The average molecular weight is 242 g/mol. The fourth-order valence-electron chi connectivity index (χ4n) is 2.01. The SMILES string of the molecule is COc1cccc(CO)c1-c1ccccc1C=O. The molecule has 2 aromatic carbocycles. The molecule has 3 heteroatoms. The summed E-state index contributed by atoms with van der Waals surface area (Å²) in [6.07, 6.45) is 0.808. The summed E-state index contributed by atoms with van der Waals surface area (Å²) in [5.41, 5.74) is 2.86. The van der Waals surface area contributed by atoms with Crippen LogP contribution < -0.4 is 4.74 Å². The standard InChI is InChI=1S/C15H14O3/c1-18-14-8-4-6-12(10-17)15(14)13-7-3-2-5-11(13)9-16/h2-9,17H,10H2,1H3. The Labute approximate surface area is 106 Å². The number of carbonyl (C=O) groups is 1. The monoisotopic (exact) mass is 242 g/mol. The van der Waals surface area contributed by atoms with Crippen LogP contribution >= 0.6 is 0 Å². The van der Waals surface area contributed by atoms with Crippen LogP contribution in [0.25, 0.3) is 11.1 Å². The first-order valence-electron chi connectivity index (χ1n) is 5.63. The van der Waals surface area contributed by atoms with Crippen LogP contribution in [0.1, 0.15) is 15.9 Å². The molecule has 0 amide bonds. The van der Waals surface area contributed by atoms with Crippen LogP contribution in [0, 0.1) is 0 Å². The Morgan fingerprint density at radius 2 is 1.94 bits per heavy atom. The summed E-state index contributed by atoms with van der Waals surface area (Å²) in [5, 5.41) is 9.42. The highest BCUT2D eigenvalue weighted by molar-refractivity contribution is 5.90. The van der Waals surface area contributed by atoms with Gasteiger partial charge in [0.2, 0.25) is 0 Å². The molecule has 0 spiro atoms. The molecule has 0 aliphatic carbocycles. The molecule has 0 unspecified atom stereocenters. The van der Waals surface area contributed by atoms with Crippen molar-refractivity contribution in [3.05, 3.63) is 53.6 Å². The maximum absolute atomic E-state index is 11.1. The van der Waals surface area contributed by atoms with Gasteiger partial charge in [0, 0.05) is 11.1 Å². The van der Waals surface area contributed by atoms with Crippen molar-refractivity contribution in [2.75, 3.05) is 7.11 Å². The van der Waals surface area contributed by atoms with Gasteiger partial charge in [-0.05, 0) is 17.2 Å². The first-order chi connectivity index (χ1) is 8.81. The van der Waals surface area contributed by atoms with Gasteiger partial charge >= 0.3 is 0 Å². The van der Waals surface area contributed by atoms with E-state index >= 15 is 0 Å². The van der Waals surface area contributed by atoms with E-state index in [4.69, 9.17) is 4.74 Å². The van der Waals surface area contributed by atoms with Crippen molar-refractivity contribution in [1.82, 2.24) is 0 Å². The summed E-state index contributed by atoms with van der Waals surface area (Å²) in [5.74, 6) is 0.649. The zero-order valence-corrected chi connectivity index (χ0v) is 10.1. The first-order valence-corrected chi connectivity index (χ1v) is 5.63. The fourth-order valence-corrected chi connectivity index (χ4v) is 2.01. The first kappa shape index (κ1) is 12.3. The summed E-state index contributed by atoms with van der Waals surface area (Å²) in [7, 11) is 1.57. The Morgan fingerprint density at radius 3 is 2.61 bits per heavy atom. The van der Waals surface area contributed by atoms with Gasteiger partial charge in [0.15, 0.2) is 6.29 Å². The molecular formula is C15H14O3. The minimum Gasteiger partial charge on any atom is -0.496 e. The van der Waals surface area contributed by atoms with E-state index in [2.05, 4.69) is 0 Å². The van der Waals surface area contributed by atoms with Gasteiger partial charge in [0.1, 0.15) is 5.75 Å². The summed E-state index contributed by atoms with van der Waals surface area (Å²) in [6.45, 7) is -0.0975. The highest BCUT2D eigenvalue weighted by Crippen LogP contribution is 2.35. The Hall–Kier alpha value is -2.13. The van der Waals surface area contributed by atoms with Crippen molar-refractivity contribution >= 4 is 6.29 Å². The van der Waals surface area contributed by atoms with Crippen molar-refractivity contribution < 1.29 is 14.6 Å². The van der Waals surface area contributed by atoms with Gasteiger partial charge in [-0.15, -0.1) is 0 Å². The molecule has 1 N–H and O–H groups in total. The van der Waals surface area contributed by atoms with Crippen LogP contribution in [0.3, 0.4) is 0 Å².